The number of para-hydroxylation sites is 2. The highest BCUT2D eigenvalue weighted by molar-refractivity contribution is 5.97. The molecule has 9 heteroatoms. The Labute approximate surface area is 201 Å². The molecule has 0 N–H and O–H groups in total. The second kappa shape index (κ2) is 10.3. The lowest BCUT2D eigenvalue weighted by molar-refractivity contribution is -0.134. The number of carbonyl (C=O) groups excluding carboxylic acids is 2. The van der Waals surface area contributed by atoms with Gasteiger partial charge in [-0.2, -0.15) is 0 Å². The number of furan rings is 1. The maximum atomic E-state index is 12.9. The molecule has 3 heterocycles. The maximum Gasteiger partial charge on any atom is 0.375 e. The quantitative estimate of drug-likeness (QED) is 0.378. The number of benzene rings is 2. The summed E-state index contributed by atoms with van der Waals surface area (Å²) in [5.41, 5.74) is 1.13. The third-order valence-electron chi connectivity index (χ3n) is 5.80. The minimum Gasteiger partial charge on any atom is -0.489 e. The van der Waals surface area contributed by atoms with Crippen LogP contribution in [0.5, 0.6) is 5.75 Å². The molecule has 1 fully saturated rings. The number of piperazine rings is 1. The monoisotopic (exact) mass is 472 g/mol. The Balaban J connectivity index is 1.21. The second-order valence-electron chi connectivity index (χ2n) is 8.00. The number of amides is 1. The number of carbonyl (C=O) groups is 2. The van der Waals surface area contributed by atoms with E-state index in [-0.39, 0.29) is 24.9 Å². The Bertz CT molecular complexity index is 1300. The highest BCUT2D eigenvalue weighted by atomic mass is 16.5. The van der Waals surface area contributed by atoms with E-state index in [0.29, 0.717) is 49.0 Å². The largest absolute Gasteiger partial charge is 0.489 e. The molecule has 0 spiro atoms. The van der Waals surface area contributed by atoms with E-state index in [9.17, 15) is 9.59 Å². The van der Waals surface area contributed by atoms with Crippen LogP contribution in [-0.4, -0.2) is 59.5 Å². The molecule has 0 atom stereocenters. The first-order valence-electron chi connectivity index (χ1n) is 11.3. The van der Waals surface area contributed by atoms with E-state index in [1.165, 1.54) is 0 Å². The average Bonchev–Trinajstić information content (AvgIpc) is 3.30. The molecule has 1 aliphatic rings. The third kappa shape index (κ3) is 5.08. The first-order chi connectivity index (χ1) is 17.2. The van der Waals surface area contributed by atoms with Crippen molar-refractivity contribution >= 4 is 28.8 Å². The number of ether oxygens (including phenoxy) is 2. The van der Waals surface area contributed by atoms with Gasteiger partial charge in [0.1, 0.15) is 17.9 Å². The van der Waals surface area contributed by atoms with Gasteiger partial charge in [0, 0.05) is 44.0 Å². The molecule has 178 valence electrons. The van der Waals surface area contributed by atoms with Crippen molar-refractivity contribution in [1.82, 2.24) is 14.9 Å². The predicted molar refractivity (Wildman–Crippen MR) is 128 cm³/mol. The number of esters is 1. The van der Waals surface area contributed by atoms with Crippen LogP contribution in [0.3, 0.4) is 0 Å². The van der Waals surface area contributed by atoms with Crippen molar-refractivity contribution in [3.8, 4) is 5.75 Å². The van der Waals surface area contributed by atoms with Crippen molar-refractivity contribution < 1.29 is 23.5 Å². The van der Waals surface area contributed by atoms with E-state index < -0.39 is 5.97 Å². The standard InChI is InChI=1S/C26H24N4O5/c31-23(29-13-15-30(16-14-29)26-27-11-6-12-28-26)18-34-25(32)24-21(17-33-19-7-2-1-3-8-19)20-9-4-5-10-22(20)35-24/h1-12H,13-18H2. The molecule has 4 aromatic rings. The summed E-state index contributed by atoms with van der Waals surface area (Å²) in [6, 6.07) is 18.4. The van der Waals surface area contributed by atoms with Crippen molar-refractivity contribution in [2.24, 2.45) is 0 Å². The average molecular weight is 473 g/mol. The summed E-state index contributed by atoms with van der Waals surface area (Å²) >= 11 is 0. The number of hydrogen-bond acceptors (Lipinski definition) is 8. The Morgan fingerprint density at radius 1 is 0.886 bits per heavy atom. The highest BCUT2D eigenvalue weighted by Crippen LogP contribution is 2.28. The van der Waals surface area contributed by atoms with Crippen molar-refractivity contribution in [3.05, 3.63) is 84.4 Å². The summed E-state index contributed by atoms with van der Waals surface area (Å²) in [6.45, 7) is 1.97. The van der Waals surface area contributed by atoms with Gasteiger partial charge < -0.3 is 23.7 Å². The molecule has 0 radical (unpaired) electrons. The Morgan fingerprint density at radius 2 is 1.60 bits per heavy atom. The molecular formula is C26H24N4O5. The fraction of sp³-hybridized carbons (Fsp3) is 0.231. The Kier molecular flexibility index (Phi) is 6.56. The minimum absolute atomic E-state index is 0.0426. The summed E-state index contributed by atoms with van der Waals surface area (Å²) < 4.78 is 17.0. The molecule has 0 unspecified atom stereocenters. The topological polar surface area (TPSA) is 98.0 Å². The lowest BCUT2D eigenvalue weighted by atomic mass is 10.1. The smallest absolute Gasteiger partial charge is 0.375 e. The number of aromatic nitrogens is 2. The number of fused-ring (bicyclic) bond motifs is 1. The van der Waals surface area contributed by atoms with Gasteiger partial charge >= 0.3 is 5.97 Å². The van der Waals surface area contributed by atoms with Crippen molar-refractivity contribution in [2.45, 2.75) is 6.61 Å². The lowest BCUT2D eigenvalue weighted by Gasteiger charge is -2.34. The summed E-state index contributed by atoms with van der Waals surface area (Å²) in [5, 5.41) is 0.765. The number of hydrogen-bond donors (Lipinski definition) is 0. The molecule has 35 heavy (non-hydrogen) atoms. The first kappa shape index (κ1) is 22.4. The van der Waals surface area contributed by atoms with Crippen molar-refractivity contribution in [2.75, 3.05) is 37.7 Å². The van der Waals surface area contributed by atoms with Crippen molar-refractivity contribution in [1.29, 1.82) is 0 Å². The van der Waals surface area contributed by atoms with Gasteiger partial charge in [0.15, 0.2) is 6.61 Å². The summed E-state index contributed by atoms with van der Waals surface area (Å²) in [7, 11) is 0. The van der Waals surface area contributed by atoms with E-state index >= 15 is 0 Å². The van der Waals surface area contributed by atoms with E-state index in [1.54, 1.807) is 29.4 Å². The molecule has 5 rings (SSSR count). The number of rotatable bonds is 7. The SMILES string of the molecule is O=C(OCC(=O)N1CCN(c2ncccn2)CC1)c1oc2ccccc2c1COc1ccccc1. The van der Waals surface area contributed by atoms with Crippen molar-refractivity contribution in [3.63, 3.8) is 0 Å². The maximum absolute atomic E-state index is 12.9. The van der Waals surface area contributed by atoms with Gasteiger partial charge in [0.25, 0.3) is 5.91 Å². The molecule has 0 saturated carbocycles. The molecule has 9 nitrogen and oxygen atoms in total. The van der Waals surface area contributed by atoms with Crippen LogP contribution >= 0.6 is 0 Å². The van der Waals surface area contributed by atoms with Crippen LogP contribution < -0.4 is 9.64 Å². The van der Waals surface area contributed by atoms with Gasteiger partial charge in [-0.25, -0.2) is 14.8 Å². The van der Waals surface area contributed by atoms with Gasteiger partial charge in [-0.1, -0.05) is 36.4 Å². The van der Waals surface area contributed by atoms with E-state index in [2.05, 4.69) is 9.97 Å². The van der Waals surface area contributed by atoms with Gasteiger partial charge in [-0.3, -0.25) is 4.79 Å². The molecule has 0 aliphatic carbocycles. The van der Waals surface area contributed by atoms with Gasteiger partial charge in [0.05, 0.1) is 5.56 Å². The van der Waals surface area contributed by atoms with E-state index in [4.69, 9.17) is 13.9 Å². The summed E-state index contributed by atoms with van der Waals surface area (Å²) in [6.07, 6.45) is 3.38. The van der Waals surface area contributed by atoms with Crippen LogP contribution in [0.4, 0.5) is 5.95 Å². The van der Waals surface area contributed by atoms with Gasteiger partial charge in [-0.05, 0) is 24.3 Å². The van der Waals surface area contributed by atoms with Crippen LogP contribution in [-0.2, 0) is 16.1 Å². The first-order valence-corrected chi connectivity index (χ1v) is 11.3. The van der Waals surface area contributed by atoms with Crippen LogP contribution in [0.15, 0.2) is 77.5 Å². The van der Waals surface area contributed by atoms with Crippen LogP contribution in [0.1, 0.15) is 16.1 Å². The third-order valence-corrected chi connectivity index (χ3v) is 5.80. The summed E-state index contributed by atoms with van der Waals surface area (Å²) in [4.78, 5) is 37.8. The Morgan fingerprint density at radius 3 is 2.37 bits per heavy atom. The number of anilines is 1. The zero-order valence-corrected chi connectivity index (χ0v) is 19.0. The highest BCUT2D eigenvalue weighted by Gasteiger charge is 2.26. The fourth-order valence-corrected chi connectivity index (χ4v) is 3.97. The van der Waals surface area contributed by atoms with Gasteiger partial charge in [-0.15, -0.1) is 0 Å². The zero-order chi connectivity index (χ0) is 24.0. The minimum atomic E-state index is -0.697. The zero-order valence-electron chi connectivity index (χ0n) is 19.0. The number of nitrogens with zero attached hydrogens (tertiary/aromatic N) is 4. The fourth-order valence-electron chi connectivity index (χ4n) is 3.97. The van der Waals surface area contributed by atoms with Crippen LogP contribution in [0.2, 0.25) is 0 Å². The molecule has 1 saturated heterocycles. The molecule has 1 amide bonds. The van der Waals surface area contributed by atoms with Gasteiger partial charge in [0.2, 0.25) is 11.7 Å². The normalized spacial score (nSPS) is 13.6. The second-order valence-corrected chi connectivity index (χ2v) is 8.00. The van der Waals surface area contributed by atoms with E-state index in [0.717, 1.165) is 5.39 Å². The lowest BCUT2D eigenvalue weighted by Crippen LogP contribution is -2.50. The molecule has 1 aliphatic heterocycles. The van der Waals surface area contributed by atoms with Crippen LogP contribution in [0, 0.1) is 0 Å². The van der Waals surface area contributed by atoms with E-state index in [1.807, 2.05) is 53.4 Å². The Hall–Kier alpha value is -4.40. The predicted octanol–water partition coefficient (Wildman–Crippen LogP) is 3.31. The molecule has 0 bridgehead atoms. The molecule has 2 aromatic carbocycles. The summed E-state index contributed by atoms with van der Waals surface area (Å²) in [5.74, 6) is 0.400. The molecular weight excluding hydrogens is 448 g/mol. The molecule has 2 aromatic heterocycles. The van der Waals surface area contributed by atoms with Crippen LogP contribution in [0.25, 0.3) is 11.0 Å².